The first kappa shape index (κ1) is 20.2. The molecule has 2 N–H and O–H groups in total. The molecular weight excluding hydrogens is 371 g/mol. The number of hydrogen-bond donors (Lipinski definition) is 2. The van der Waals surface area contributed by atoms with Crippen LogP contribution in [-0.2, 0) is 0 Å². The van der Waals surface area contributed by atoms with E-state index >= 15 is 0 Å². The van der Waals surface area contributed by atoms with Crippen molar-refractivity contribution >= 4 is 23.3 Å². The normalized spacial score (nSPS) is 22.9. The fraction of sp³-hybridized carbons (Fsp3) is 0.632. The molecule has 0 saturated carbocycles. The van der Waals surface area contributed by atoms with E-state index in [1.54, 1.807) is 12.1 Å². The van der Waals surface area contributed by atoms with Crippen LogP contribution in [0.5, 0.6) is 0 Å². The summed E-state index contributed by atoms with van der Waals surface area (Å²) in [5.74, 6) is -0.426. The van der Waals surface area contributed by atoms with E-state index in [9.17, 15) is 14.3 Å². The number of nitrogens with one attached hydrogen (secondary N) is 1. The van der Waals surface area contributed by atoms with E-state index < -0.39 is 5.82 Å². The molecular formula is C19H28ClFN4O2. The number of rotatable bonds is 4. The van der Waals surface area contributed by atoms with Gasteiger partial charge in [-0.2, -0.15) is 0 Å². The fourth-order valence-electron chi connectivity index (χ4n) is 3.96. The van der Waals surface area contributed by atoms with Gasteiger partial charge in [-0.05, 0) is 38.5 Å². The second kappa shape index (κ2) is 8.20. The number of β-amino-alcohol motifs (C(OH)–C–C–N with tert-alkyl or cyclic N) is 1. The van der Waals surface area contributed by atoms with Crippen molar-refractivity contribution in [3.05, 3.63) is 29.0 Å². The van der Waals surface area contributed by atoms with E-state index in [0.717, 1.165) is 25.2 Å². The summed E-state index contributed by atoms with van der Waals surface area (Å²) in [6.07, 6.45) is 0.823. The van der Waals surface area contributed by atoms with Gasteiger partial charge < -0.3 is 20.2 Å². The molecule has 2 aliphatic heterocycles. The highest BCUT2D eigenvalue weighted by Gasteiger charge is 2.36. The van der Waals surface area contributed by atoms with Gasteiger partial charge in [0.1, 0.15) is 5.82 Å². The molecule has 2 amide bonds. The number of aliphatic hydroxyl groups is 1. The first-order valence-electron chi connectivity index (χ1n) is 9.41. The Morgan fingerprint density at radius 1 is 1.37 bits per heavy atom. The van der Waals surface area contributed by atoms with Crippen LogP contribution in [0.3, 0.4) is 0 Å². The monoisotopic (exact) mass is 398 g/mol. The lowest BCUT2D eigenvalue weighted by atomic mass is 9.99. The third-order valence-corrected chi connectivity index (χ3v) is 5.82. The number of piperazine rings is 1. The van der Waals surface area contributed by atoms with Crippen LogP contribution in [0, 0.1) is 5.82 Å². The number of halogens is 2. The van der Waals surface area contributed by atoms with Crippen LogP contribution in [0.25, 0.3) is 0 Å². The zero-order chi connectivity index (χ0) is 19.6. The van der Waals surface area contributed by atoms with Crippen molar-refractivity contribution in [2.75, 3.05) is 50.8 Å². The van der Waals surface area contributed by atoms with Gasteiger partial charge in [0, 0.05) is 56.5 Å². The van der Waals surface area contributed by atoms with Gasteiger partial charge >= 0.3 is 6.03 Å². The predicted octanol–water partition coefficient (Wildman–Crippen LogP) is 2.16. The highest BCUT2D eigenvalue weighted by molar-refractivity contribution is 6.30. The second-order valence-electron chi connectivity index (χ2n) is 7.92. The molecule has 6 nitrogen and oxygen atoms in total. The molecule has 1 aromatic carbocycles. The lowest BCUT2D eigenvalue weighted by Gasteiger charge is -2.47. The van der Waals surface area contributed by atoms with Crippen LogP contribution in [0.15, 0.2) is 18.2 Å². The first-order chi connectivity index (χ1) is 12.8. The molecule has 2 heterocycles. The van der Waals surface area contributed by atoms with Gasteiger partial charge in [-0.1, -0.05) is 11.6 Å². The highest BCUT2D eigenvalue weighted by atomic mass is 35.5. The molecule has 0 aliphatic carbocycles. The van der Waals surface area contributed by atoms with Crippen molar-refractivity contribution in [3.63, 3.8) is 0 Å². The van der Waals surface area contributed by atoms with Crippen LogP contribution in [-0.4, -0.2) is 78.4 Å². The Labute approximate surface area is 164 Å². The molecule has 1 aromatic rings. The van der Waals surface area contributed by atoms with Crippen LogP contribution in [0.2, 0.25) is 5.02 Å². The number of amides is 2. The van der Waals surface area contributed by atoms with Crippen molar-refractivity contribution in [3.8, 4) is 0 Å². The minimum atomic E-state index is -0.426. The Morgan fingerprint density at radius 2 is 2.15 bits per heavy atom. The average Bonchev–Trinajstić information content (AvgIpc) is 3.07. The number of benzene rings is 1. The maximum absolute atomic E-state index is 13.7. The standard InChI is InChI=1S/C19H28ClFN4O2/c1-19(2)13-24(7-8-25(19)9-10-26)18(27)22-14-5-6-23(12-14)15-3-4-16(20)17(21)11-15/h3-4,11,14,26H,5-10,12-13H2,1-2H3,(H,22,27). The Kier molecular flexibility index (Phi) is 6.13. The molecule has 2 fully saturated rings. The molecule has 2 aliphatic rings. The summed E-state index contributed by atoms with van der Waals surface area (Å²) in [7, 11) is 0. The molecule has 8 heteroatoms. The van der Waals surface area contributed by atoms with E-state index in [-0.39, 0.29) is 29.2 Å². The third-order valence-electron chi connectivity index (χ3n) is 5.52. The average molecular weight is 399 g/mol. The van der Waals surface area contributed by atoms with Crippen molar-refractivity contribution in [2.24, 2.45) is 0 Å². The molecule has 1 unspecified atom stereocenters. The van der Waals surface area contributed by atoms with E-state index in [2.05, 4.69) is 29.0 Å². The van der Waals surface area contributed by atoms with Gasteiger partial charge in [-0.3, -0.25) is 4.90 Å². The maximum atomic E-state index is 13.7. The predicted molar refractivity (Wildman–Crippen MR) is 105 cm³/mol. The van der Waals surface area contributed by atoms with Crippen molar-refractivity contribution < 1.29 is 14.3 Å². The zero-order valence-corrected chi connectivity index (χ0v) is 16.7. The number of aliphatic hydroxyl groups excluding tert-OH is 1. The van der Waals surface area contributed by atoms with Gasteiger partial charge in [-0.25, -0.2) is 9.18 Å². The summed E-state index contributed by atoms with van der Waals surface area (Å²) in [5.41, 5.74) is 0.619. The quantitative estimate of drug-likeness (QED) is 0.816. The first-order valence-corrected chi connectivity index (χ1v) is 9.79. The third kappa shape index (κ3) is 4.65. The summed E-state index contributed by atoms with van der Waals surface area (Å²) < 4.78 is 13.7. The lowest BCUT2D eigenvalue weighted by molar-refractivity contribution is 0.0240. The number of nitrogens with zero attached hydrogens (tertiary/aromatic N) is 3. The summed E-state index contributed by atoms with van der Waals surface area (Å²) in [5, 5.41) is 12.4. The van der Waals surface area contributed by atoms with E-state index in [1.807, 2.05) is 4.90 Å². The van der Waals surface area contributed by atoms with E-state index in [1.165, 1.54) is 6.07 Å². The van der Waals surface area contributed by atoms with Gasteiger partial charge in [0.25, 0.3) is 0 Å². The summed E-state index contributed by atoms with van der Waals surface area (Å²) in [4.78, 5) is 18.8. The molecule has 150 valence electrons. The van der Waals surface area contributed by atoms with Gasteiger partial charge in [0.15, 0.2) is 0 Å². The summed E-state index contributed by atoms with van der Waals surface area (Å²) in [6, 6.07) is 4.79. The molecule has 27 heavy (non-hydrogen) atoms. The topological polar surface area (TPSA) is 59.1 Å². The SMILES string of the molecule is CC1(C)CN(C(=O)NC2CCN(c3ccc(Cl)c(F)c3)C2)CCN1CCO. The van der Waals surface area contributed by atoms with Crippen LogP contribution in [0.4, 0.5) is 14.9 Å². The number of carbonyl (C=O) groups is 1. The smallest absolute Gasteiger partial charge is 0.317 e. The number of anilines is 1. The van der Waals surface area contributed by atoms with Gasteiger partial charge in [-0.15, -0.1) is 0 Å². The van der Waals surface area contributed by atoms with Crippen molar-refractivity contribution in [2.45, 2.75) is 31.8 Å². The summed E-state index contributed by atoms with van der Waals surface area (Å²) in [6.45, 7) is 8.37. The van der Waals surface area contributed by atoms with E-state index in [4.69, 9.17) is 11.6 Å². The Morgan fingerprint density at radius 3 is 2.81 bits per heavy atom. The lowest BCUT2D eigenvalue weighted by Crippen LogP contribution is -2.62. The molecule has 0 spiro atoms. The van der Waals surface area contributed by atoms with Crippen molar-refractivity contribution in [1.82, 2.24) is 15.1 Å². The van der Waals surface area contributed by atoms with Gasteiger partial charge in [0.2, 0.25) is 0 Å². The van der Waals surface area contributed by atoms with E-state index in [0.29, 0.717) is 26.2 Å². The largest absolute Gasteiger partial charge is 0.395 e. The van der Waals surface area contributed by atoms with Crippen LogP contribution < -0.4 is 10.2 Å². The fourth-order valence-corrected chi connectivity index (χ4v) is 4.08. The van der Waals surface area contributed by atoms with Crippen LogP contribution >= 0.6 is 11.6 Å². The Balaban J connectivity index is 1.54. The maximum Gasteiger partial charge on any atom is 0.317 e. The minimum Gasteiger partial charge on any atom is -0.395 e. The molecule has 0 aromatic heterocycles. The van der Waals surface area contributed by atoms with Gasteiger partial charge in [0.05, 0.1) is 11.6 Å². The summed E-state index contributed by atoms with van der Waals surface area (Å²) >= 11 is 5.75. The molecule has 0 bridgehead atoms. The Bertz CT molecular complexity index is 688. The zero-order valence-electron chi connectivity index (χ0n) is 15.9. The van der Waals surface area contributed by atoms with Crippen LogP contribution in [0.1, 0.15) is 20.3 Å². The molecule has 1 atom stereocenters. The number of carbonyl (C=O) groups excluding carboxylic acids is 1. The second-order valence-corrected chi connectivity index (χ2v) is 8.33. The number of urea groups is 1. The molecule has 0 radical (unpaired) electrons. The minimum absolute atomic E-state index is 0.0369. The highest BCUT2D eigenvalue weighted by Crippen LogP contribution is 2.25. The number of hydrogen-bond acceptors (Lipinski definition) is 4. The van der Waals surface area contributed by atoms with Crippen molar-refractivity contribution in [1.29, 1.82) is 0 Å². The molecule has 2 saturated heterocycles. The Hall–Kier alpha value is -1.57. The molecule has 3 rings (SSSR count).